The number of likely N-dealkylation sites (N-methyl/N-ethyl adjacent to an activating group) is 1. The lowest BCUT2D eigenvalue weighted by atomic mass is 9.98. The van der Waals surface area contributed by atoms with Crippen molar-refractivity contribution in [3.8, 4) is 0 Å². The first kappa shape index (κ1) is 15.0. The van der Waals surface area contributed by atoms with Gasteiger partial charge >= 0.3 is 0 Å². The number of benzene rings is 2. The lowest BCUT2D eigenvalue weighted by molar-refractivity contribution is 0.547. The Balaban J connectivity index is 2.22. The molecule has 0 aliphatic heterocycles. The summed E-state index contributed by atoms with van der Waals surface area (Å²) in [6, 6.07) is 12.9. The van der Waals surface area contributed by atoms with Crippen LogP contribution in [0.1, 0.15) is 29.7 Å². The Labute approximate surface area is 124 Å². The predicted octanol–water partition coefficient (Wildman–Crippen LogP) is 4.68. The van der Waals surface area contributed by atoms with Crippen molar-refractivity contribution in [2.24, 2.45) is 0 Å². The SMILES string of the molecule is CCNC(Cc1ccc(C)cc1Cl)c1ccc(F)cc1. The molecule has 0 bridgehead atoms. The van der Waals surface area contributed by atoms with Gasteiger partial charge in [-0.3, -0.25) is 0 Å². The summed E-state index contributed by atoms with van der Waals surface area (Å²) in [7, 11) is 0. The molecule has 20 heavy (non-hydrogen) atoms. The molecule has 2 rings (SSSR count). The fourth-order valence-corrected chi connectivity index (χ4v) is 2.60. The van der Waals surface area contributed by atoms with Crippen molar-refractivity contribution < 1.29 is 4.39 Å². The van der Waals surface area contributed by atoms with E-state index in [2.05, 4.69) is 24.4 Å². The molecule has 0 saturated carbocycles. The normalized spacial score (nSPS) is 12.4. The van der Waals surface area contributed by atoms with Crippen LogP contribution in [0.5, 0.6) is 0 Å². The van der Waals surface area contributed by atoms with Crippen LogP contribution in [0.4, 0.5) is 4.39 Å². The Morgan fingerprint density at radius 3 is 2.45 bits per heavy atom. The van der Waals surface area contributed by atoms with Crippen molar-refractivity contribution in [1.29, 1.82) is 0 Å². The molecule has 0 spiro atoms. The van der Waals surface area contributed by atoms with Crippen molar-refractivity contribution in [3.63, 3.8) is 0 Å². The van der Waals surface area contributed by atoms with Gasteiger partial charge < -0.3 is 5.32 Å². The molecule has 0 amide bonds. The summed E-state index contributed by atoms with van der Waals surface area (Å²) in [5.74, 6) is -0.211. The first-order valence-corrected chi connectivity index (χ1v) is 7.22. The Morgan fingerprint density at radius 1 is 1.15 bits per heavy atom. The maximum absolute atomic E-state index is 13.0. The van der Waals surface area contributed by atoms with Gasteiger partial charge in [0.15, 0.2) is 0 Å². The standard InChI is InChI=1S/C17H19ClFN/c1-3-20-17(13-6-8-15(19)9-7-13)11-14-5-4-12(2)10-16(14)18/h4-10,17,20H,3,11H2,1-2H3. The van der Waals surface area contributed by atoms with E-state index < -0.39 is 0 Å². The molecule has 3 heteroatoms. The van der Waals surface area contributed by atoms with Crippen LogP contribution in [0.2, 0.25) is 5.02 Å². The molecule has 0 aliphatic carbocycles. The molecular formula is C17H19ClFN. The largest absolute Gasteiger partial charge is 0.310 e. The molecule has 0 aliphatic rings. The second-order valence-electron chi connectivity index (χ2n) is 4.96. The lowest BCUT2D eigenvalue weighted by Crippen LogP contribution is -2.23. The number of rotatable bonds is 5. The van der Waals surface area contributed by atoms with Gasteiger partial charge in [-0.25, -0.2) is 4.39 Å². The highest BCUT2D eigenvalue weighted by atomic mass is 35.5. The molecule has 1 unspecified atom stereocenters. The van der Waals surface area contributed by atoms with E-state index in [-0.39, 0.29) is 11.9 Å². The highest BCUT2D eigenvalue weighted by molar-refractivity contribution is 6.31. The summed E-state index contributed by atoms with van der Waals surface area (Å²) >= 11 is 6.30. The molecule has 2 aromatic carbocycles. The van der Waals surface area contributed by atoms with Gasteiger partial charge in [0.2, 0.25) is 0 Å². The maximum atomic E-state index is 13.0. The van der Waals surface area contributed by atoms with E-state index in [9.17, 15) is 4.39 Å². The summed E-state index contributed by atoms with van der Waals surface area (Å²) in [4.78, 5) is 0. The van der Waals surface area contributed by atoms with E-state index in [1.807, 2.05) is 25.1 Å². The van der Waals surface area contributed by atoms with Gasteiger partial charge in [0.05, 0.1) is 0 Å². The number of halogens is 2. The molecule has 1 N–H and O–H groups in total. The molecule has 2 aromatic rings. The average molecular weight is 292 g/mol. The third-order valence-electron chi connectivity index (χ3n) is 3.36. The zero-order valence-electron chi connectivity index (χ0n) is 11.8. The number of aryl methyl sites for hydroxylation is 1. The monoisotopic (exact) mass is 291 g/mol. The van der Waals surface area contributed by atoms with E-state index in [4.69, 9.17) is 11.6 Å². The smallest absolute Gasteiger partial charge is 0.123 e. The van der Waals surface area contributed by atoms with E-state index in [1.165, 1.54) is 12.1 Å². The maximum Gasteiger partial charge on any atom is 0.123 e. The van der Waals surface area contributed by atoms with Gasteiger partial charge in [-0.05, 0) is 54.8 Å². The molecule has 1 nitrogen and oxygen atoms in total. The van der Waals surface area contributed by atoms with Gasteiger partial charge in [0.1, 0.15) is 5.82 Å². The Morgan fingerprint density at radius 2 is 1.85 bits per heavy atom. The molecule has 1 atom stereocenters. The zero-order chi connectivity index (χ0) is 14.5. The highest BCUT2D eigenvalue weighted by Crippen LogP contribution is 2.24. The van der Waals surface area contributed by atoms with Crippen LogP contribution in [-0.2, 0) is 6.42 Å². The van der Waals surface area contributed by atoms with Gasteiger partial charge in [0.25, 0.3) is 0 Å². The van der Waals surface area contributed by atoms with Crippen molar-refractivity contribution in [2.45, 2.75) is 26.3 Å². The van der Waals surface area contributed by atoms with Crippen molar-refractivity contribution in [3.05, 3.63) is 70.0 Å². The molecule has 0 saturated heterocycles. The molecule has 106 valence electrons. The van der Waals surface area contributed by atoms with Crippen molar-refractivity contribution in [1.82, 2.24) is 5.32 Å². The van der Waals surface area contributed by atoms with Gasteiger partial charge in [-0.2, -0.15) is 0 Å². The van der Waals surface area contributed by atoms with E-state index in [1.54, 1.807) is 0 Å². The highest BCUT2D eigenvalue weighted by Gasteiger charge is 2.13. The lowest BCUT2D eigenvalue weighted by Gasteiger charge is -2.19. The Kier molecular flexibility index (Phi) is 5.16. The van der Waals surface area contributed by atoms with Gasteiger partial charge in [0, 0.05) is 11.1 Å². The third kappa shape index (κ3) is 3.81. The number of hydrogen-bond acceptors (Lipinski definition) is 1. The zero-order valence-corrected chi connectivity index (χ0v) is 12.5. The molecule has 0 heterocycles. The van der Waals surface area contributed by atoms with Gasteiger partial charge in [-0.15, -0.1) is 0 Å². The molecular weight excluding hydrogens is 273 g/mol. The van der Waals surface area contributed by atoms with Crippen LogP contribution in [0.3, 0.4) is 0 Å². The first-order chi connectivity index (χ1) is 9.60. The summed E-state index contributed by atoms with van der Waals surface area (Å²) in [6.07, 6.45) is 0.790. The fraction of sp³-hybridized carbons (Fsp3) is 0.294. The minimum Gasteiger partial charge on any atom is -0.310 e. The third-order valence-corrected chi connectivity index (χ3v) is 3.71. The van der Waals surface area contributed by atoms with Crippen LogP contribution in [-0.4, -0.2) is 6.54 Å². The topological polar surface area (TPSA) is 12.0 Å². The number of hydrogen-bond donors (Lipinski definition) is 1. The Bertz CT molecular complexity index is 566. The van der Waals surface area contributed by atoms with Crippen LogP contribution in [0, 0.1) is 12.7 Å². The summed E-state index contributed by atoms with van der Waals surface area (Å²) in [6.45, 7) is 4.94. The summed E-state index contributed by atoms with van der Waals surface area (Å²) in [5.41, 5.74) is 3.33. The predicted molar refractivity (Wildman–Crippen MR) is 82.7 cm³/mol. The second-order valence-corrected chi connectivity index (χ2v) is 5.37. The van der Waals surface area contributed by atoms with E-state index in [0.717, 1.165) is 34.7 Å². The average Bonchev–Trinajstić information content (AvgIpc) is 2.42. The minimum atomic E-state index is -0.211. The fourth-order valence-electron chi connectivity index (χ4n) is 2.29. The van der Waals surface area contributed by atoms with E-state index in [0.29, 0.717) is 0 Å². The Hall–Kier alpha value is -1.38. The first-order valence-electron chi connectivity index (χ1n) is 6.84. The van der Waals surface area contributed by atoms with Crippen LogP contribution >= 0.6 is 11.6 Å². The molecule has 0 aromatic heterocycles. The van der Waals surface area contributed by atoms with Crippen LogP contribution < -0.4 is 5.32 Å². The minimum absolute atomic E-state index is 0.140. The van der Waals surface area contributed by atoms with Crippen LogP contribution in [0.15, 0.2) is 42.5 Å². The van der Waals surface area contributed by atoms with Crippen molar-refractivity contribution in [2.75, 3.05) is 6.54 Å². The molecule has 0 radical (unpaired) electrons. The number of nitrogens with one attached hydrogen (secondary N) is 1. The summed E-state index contributed by atoms with van der Waals surface area (Å²) in [5, 5.41) is 4.21. The van der Waals surface area contributed by atoms with Crippen LogP contribution in [0.25, 0.3) is 0 Å². The van der Waals surface area contributed by atoms with Gasteiger partial charge in [-0.1, -0.05) is 42.8 Å². The van der Waals surface area contributed by atoms with E-state index >= 15 is 0 Å². The quantitative estimate of drug-likeness (QED) is 0.843. The molecule has 0 fully saturated rings. The second kappa shape index (κ2) is 6.87. The summed E-state index contributed by atoms with van der Waals surface area (Å²) < 4.78 is 13.0. The van der Waals surface area contributed by atoms with Crippen molar-refractivity contribution >= 4 is 11.6 Å².